The minimum atomic E-state index is -4.29. The number of halogens is 3. The van der Waals surface area contributed by atoms with Crippen molar-refractivity contribution in [1.82, 2.24) is 10.2 Å². The van der Waals surface area contributed by atoms with E-state index >= 15 is 0 Å². The van der Waals surface area contributed by atoms with Crippen LogP contribution in [0.3, 0.4) is 0 Å². The van der Waals surface area contributed by atoms with Crippen molar-refractivity contribution in [2.75, 3.05) is 10.8 Å². The van der Waals surface area contributed by atoms with Crippen molar-refractivity contribution in [3.05, 3.63) is 129 Å². The summed E-state index contributed by atoms with van der Waals surface area (Å²) < 4.78 is 29.3. The fourth-order valence-corrected chi connectivity index (χ4v) is 7.09. The van der Waals surface area contributed by atoms with Crippen LogP contribution in [0.25, 0.3) is 0 Å². The molecule has 0 spiro atoms. The molecule has 0 unspecified atom stereocenters. The van der Waals surface area contributed by atoms with Crippen LogP contribution in [0.2, 0.25) is 15.1 Å². The van der Waals surface area contributed by atoms with Gasteiger partial charge >= 0.3 is 0 Å². The predicted molar refractivity (Wildman–Crippen MR) is 186 cm³/mol. The third-order valence-electron chi connectivity index (χ3n) is 7.67. The molecule has 11 heteroatoms. The number of rotatable bonds is 13. The van der Waals surface area contributed by atoms with E-state index in [4.69, 9.17) is 34.8 Å². The van der Waals surface area contributed by atoms with E-state index in [1.54, 1.807) is 48.5 Å². The number of amides is 2. The second kappa shape index (κ2) is 15.8. The summed E-state index contributed by atoms with van der Waals surface area (Å²) in [7, 11) is -4.29. The molecule has 0 bridgehead atoms. The number of aryl methyl sites for hydroxylation is 1. The molecule has 0 heterocycles. The fraction of sp³-hybridized carbons (Fsp3) is 0.257. The maximum atomic E-state index is 14.6. The Morgan fingerprint density at radius 2 is 1.39 bits per heavy atom. The first-order chi connectivity index (χ1) is 21.9. The molecule has 0 radical (unpaired) electrons. The Bertz CT molecular complexity index is 1750. The van der Waals surface area contributed by atoms with Crippen LogP contribution in [0, 0.1) is 6.92 Å². The van der Waals surface area contributed by atoms with Gasteiger partial charge in [-0.25, -0.2) is 8.42 Å². The molecule has 46 heavy (non-hydrogen) atoms. The lowest BCUT2D eigenvalue weighted by atomic mass is 10.0. The number of carbonyl (C=O) groups is 2. The first kappa shape index (κ1) is 35.3. The first-order valence-corrected chi connectivity index (χ1v) is 17.4. The molecule has 0 aliphatic rings. The number of hydrogen-bond acceptors (Lipinski definition) is 4. The molecule has 0 saturated heterocycles. The molecule has 4 aromatic rings. The Balaban J connectivity index is 1.85. The molecule has 242 valence electrons. The molecule has 0 saturated carbocycles. The minimum absolute atomic E-state index is 0.0122. The summed E-state index contributed by atoms with van der Waals surface area (Å²) in [6.45, 7) is 4.87. The lowest BCUT2D eigenvalue weighted by molar-refractivity contribution is -0.140. The van der Waals surface area contributed by atoms with E-state index in [2.05, 4.69) is 5.32 Å². The molecular weight excluding hydrogens is 665 g/mol. The van der Waals surface area contributed by atoms with E-state index < -0.39 is 28.5 Å². The summed E-state index contributed by atoms with van der Waals surface area (Å²) in [4.78, 5) is 29.9. The average molecular weight is 701 g/mol. The number of hydrogen-bond donors (Lipinski definition) is 1. The van der Waals surface area contributed by atoms with Gasteiger partial charge in [0.05, 0.1) is 15.6 Å². The van der Waals surface area contributed by atoms with E-state index in [-0.39, 0.29) is 40.5 Å². The largest absolute Gasteiger partial charge is 0.352 e. The van der Waals surface area contributed by atoms with Gasteiger partial charge < -0.3 is 10.2 Å². The van der Waals surface area contributed by atoms with E-state index in [1.165, 1.54) is 23.1 Å². The number of nitrogens with zero attached hydrogens (tertiary/aromatic N) is 2. The zero-order valence-electron chi connectivity index (χ0n) is 25.8. The van der Waals surface area contributed by atoms with Crippen molar-refractivity contribution in [2.45, 2.75) is 57.1 Å². The molecule has 7 nitrogen and oxygen atoms in total. The van der Waals surface area contributed by atoms with Gasteiger partial charge in [-0.2, -0.15) is 0 Å². The number of anilines is 1. The topological polar surface area (TPSA) is 86.8 Å². The molecule has 0 aromatic heterocycles. The van der Waals surface area contributed by atoms with Crippen LogP contribution in [0.4, 0.5) is 5.69 Å². The lowest BCUT2D eigenvalue weighted by Crippen LogP contribution is -2.54. The highest BCUT2D eigenvalue weighted by Gasteiger charge is 2.36. The van der Waals surface area contributed by atoms with Crippen molar-refractivity contribution in [1.29, 1.82) is 0 Å². The minimum Gasteiger partial charge on any atom is -0.352 e. The smallest absolute Gasteiger partial charge is 0.264 e. The number of sulfonamides is 1. The highest BCUT2D eigenvalue weighted by Crippen LogP contribution is 2.32. The second-order valence-electron chi connectivity index (χ2n) is 11.0. The van der Waals surface area contributed by atoms with Crippen LogP contribution in [0.15, 0.2) is 102 Å². The average Bonchev–Trinajstić information content (AvgIpc) is 3.03. The summed E-state index contributed by atoms with van der Waals surface area (Å²) >= 11 is 19.7. The summed E-state index contributed by atoms with van der Waals surface area (Å²) in [5.41, 5.74) is 2.24. The molecule has 4 rings (SSSR count). The number of nitrogens with one attached hydrogen (secondary N) is 1. The van der Waals surface area contributed by atoms with Gasteiger partial charge in [-0.05, 0) is 62.2 Å². The maximum absolute atomic E-state index is 14.6. The predicted octanol–water partition coefficient (Wildman–Crippen LogP) is 7.71. The van der Waals surface area contributed by atoms with Gasteiger partial charge in [0.2, 0.25) is 11.8 Å². The quantitative estimate of drug-likeness (QED) is 0.155. The van der Waals surface area contributed by atoms with Gasteiger partial charge in [0.1, 0.15) is 12.6 Å². The third kappa shape index (κ3) is 8.62. The molecule has 0 aliphatic heterocycles. The van der Waals surface area contributed by atoms with Crippen molar-refractivity contribution in [3.63, 3.8) is 0 Å². The van der Waals surface area contributed by atoms with Crippen molar-refractivity contribution >= 4 is 62.3 Å². The number of para-hydroxylation sites is 1. The van der Waals surface area contributed by atoms with Gasteiger partial charge in [-0.3, -0.25) is 13.9 Å². The molecular formula is C35H36Cl3N3O4S. The Hall–Kier alpha value is -3.56. The zero-order chi connectivity index (χ0) is 33.4. The number of carbonyl (C=O) groups excluding carboxylic acids is 2. The third-order valence-corrected chi connectivity index (χ3v) is 10.5. The normalized spacial score (nSPS) is 12.7. The van der Waals surface area contributed by atoms with Crippen LogP contribution in [-0.2, 0) is 32.6 Å². The lowest BCUT2D eigenvalue weighted by Gasteiger charge is -2.34. The van der Waals surface area contributed by atoms with E-state index in [9.17, 15) is 18.0 Å². The summed E-state index contributed by atoms with van der Waals surface area (Å²) in [5.74, 6) is -1.03. The summed E-state index contributed by atoms with van der Waals surface area (Å²) in [5, 5.41) is 3.76. The Labute approximate surface area is 286 Å². The maximum Gasteiger partial charge on any atom is 0.264 e. The highest BCUT2D eigenvalue weighted by atomic mass is 35.5. The standard InChI is InChI=1S/C35H36Cl3N3O4S/c1-4-25(3)39-35(43)33(21-26-11-6-5-7-12-26)40(22-28-29(36)14-10-15-30(28)37)34(42)23-41(32-16-9-8-13-31(32)38)46(44,45)27-19-17-24(2)18-20-27/h5-20,25,33H,4,21-23H2,1-3H3,(H,39,43)/t25-,33-/m0/s1. The zero-order valence-corrected chi connectivity index (χ0v) is 28.9. The van der Waals surface area contributed by atoms with Crippen LogP contribution in [-0.4, -0.2) is 43.8 Å². The fourth-order valence-electron chi connectivity index (χ4n) is 4.85. The molecule has 0 aliphatic carbocycles. The van der Waals surface area contributed by atoms with Gasteiger partial charge in [-0.1, -0.05) is 108 Å². The van der Waals surface area contributed by atoms with Crippen LogP contribution < -0.4 is 9.62 Å². The highest BCUT2D eigenvalue weighted by molar-refractivity contribution is 7.92. The van der Waals surface area contributed by atoms with Crippen LogP contribution in [0.5, 0.6) is 0 Å². The van der Waals surface area contributed by atoms with Gasteiger partial charge in [0.25, 0.3) is 10.0 Å². The van der Waals surface area contributed by atoms with Crippen molar-refractivity contribution < 1.29 is 18.0 Å². The van der Waals surface area contributed by atoms with E-state index in [0.717, 1.165) is 15.4 Å². The van der Waals surface area contributed by atoms with Crippen molar-refractivity contribution in [3.8, 4) is 0 Å². The Kier molecular flexibility index (Phi) is 12.1. The molecule has 2 amide bonds. The monoisotopic (exact) mass is 699 g/mol. The SMILES string of the molecule is CC[C@H](C)NC(=O)[C@H](Cc1ccccc1)N(Cc1c(Cl)cccc1Cl)C(=O)CN(c1ccccc1Cl)S(=O)(=O)c1ccc(C)cc1. The van der Waals surface area contributed by atoms with Crippen molar-refractivity contribution in [2.24, 2.45) is 0 Å². The van der Waals surface area contributed by atoms with Gasteiger partial charge in [0.15, 0.2) is 0 Å². The molecule has 0 fully saturated rings. The van der Waals surface area contributed by atoms with Crippen LogP contribution in [0.1, 0.15) is 37.0 Å². The second-order valence-corrected chi connectivity index (χ2v) is 14.1. The number of benzene rings is 4. The molecule has 2 atom stereocenters. The van der Waals surface area contributed by atoms with E-state index in [1.807, 2.05) is 51.1 Å². The Morgan fingerprint density at radius 3 is 2.00 bits per heavy atom. The van der Waals surface area contributed by atoms with Crippen LogP contribution >= 0.6 is 34.8 Å². The Morgan fingerprint density at radius 1 is 0.804 bits per heavy atom. The van der Waals surface area contributed by atoms with E-state index in [0.29, 0.717) is 22.0 Å². The van der Waals surface area contributed by atoms with Gasteiger partial charge in [-0.15, -0.1) is 0 Å². The first-order valence-electron chi connectivity index (χ1n) is 14.8. The summed E-state index contributed by atoms with van der Waals surface area (Å²) in [6.07, 6.45) is 0.830. The summed E-state index contributed by atoms with van der Waals surface area (Å²) in [6, 6.07) is 25.8. The molecule has 1 N–H and O–H groups in total. The molecule has 4 aromatic carbocycles. The van der Waals surface area contributed by atoms with Gasteiger partial charge in [0, 0.05) is 34.6 Å².